The van der Waals surface area contributed by atoms with Gasteiger partial charge in [-0.1, -0.05) is 24.3 Å². The van der Waals surface area contributed by atoms with Gasteiger partial charge in [0.2, 0.25) is 0 Å². The van der Waals surface area contributed by atoms with Crippen molar-refractivity contribution in [2.24, 2.45) is 4.99 Å². The highest BCUT2D eigenvalue weighted by molar-refractivity contribution is 5.87. The summed E-state index contributed by atoms with van der Waals surface area (Å²) in [5.74, 6) is -0.340. The lowest BCUT2D eigenvalue weighted by atomic mass is 10.1. The SMILES string of the molecule is Cc1ccccc1CN=C/C=C/C(=O)OC(C)C. The van der Waals surface area contributed by atoms with E-state index in [1.807, 2.05) is 32.0 Å². The van der Waals surface area contributed by atoms with Gasteiger partial charge in [0.1, 0.15) is 0 Å². The third kappa shape index (κ3) is 5.43. The fourth-order valence-electron chi connectivity index (χ4n) is 1.39. The van der Waals surface area contributed by atoms with Crippen LogP contribution in [0.4, 0.5) is 0 Å². The van der Waals surface area contributed by atoms with E-state index in [2.05, 4.69) is 18.0 Å². The van der Waals surface area contributed by atoms with Crippen LogP contribution in [0.5, 0.6) is 0 Å². The third-order valence-corrected chi connectivity index (χ3v) is 2.30. The van der Waals surface area contributed by atoms with E-state index < -0.39 is 0 Å². The smallest absolute Gasteiger partial charge is 0.331 e. The summed E-state index contributed by atoms with van der Waals surface area (Å²) >= 11 is 0. The summed E-state index contributed by atoms with van der Waals surface area (Å²) in [5, 5.41) is 0. The molecule has 0 saturated heterocycles. The highest BCUT2D eigenvalue weighted by Gasteiger charge is 1.98. The maximum Gasteiger partial charge on any atom is 0.331 e. The molecule has 3 nitrogen and oxygen atoms in total. The molecule has 0 spiro atoms. The summed E-state index contributed by atoms with van der Waals surface area (Å²) in [6.07, 6.45) is 4.50. The maximum absolute atomic E-state index is 11.2. The second-order valence-electron chi connectivity index (χ2n) is 4.26. The first-order chi connectivity index (χ1) is 8.59. The molecule has 0 aliphatic rings. The molecule has 0 saturated carbocycles. The molecular weight excluding hydrogens is 226 g/mol. The monoisotopic (exact) mass is 245 g/mol. The van der Waals surface area contributed by atoms with Crippen LogP contribution in [0.15, 0.2) is 41.4 Å². The molecule has 96 valence electrons. The highest BCUT2D eigenvalue weighted by Crippen LogP contribution is 2.07. The van der Waals surface area contributed by atoms with E-state index in [1.165, 1.54) is 17.2 Å². The largest absolute Gasteiger partial charge is 0.460 e. The first kappa shape index (κ1) is 14.2. The Morgan fingerprint density at radius 2 is 2.11 bits per heavy atom. The van der Waals surface area contributed by atoms with Crippen LogP contribution in [0, 0.1) is 6.92 Å². The van der Waals surface area contributed by atoms with Crippen molar-refractivity contribution in [2.45, 2.75) is 33.4 Å². The van der Waals surface area contributed by atoms with Crippen molar-refractivity contribution in [2.75, 3.05) is 0 Å². The van der Waals surface area contributed by atoms with Gasteiger partial charge in [-0.2, -0.15) is 0 Å². The molecular formula is C15H19NO2. The van der Waals surface area contributed by atoms with Crippen molar-refractivity contribution in [1.82, 2.24) is 0 Å². The van der Waals surface area contributed by atoms with Crippen LogP contribution in [-0.2, 0) is 16.1 Å². The molecule has 1 aromatic rings. The number of rotatable bonds is 5. The fraction of sp³-hybridized carbons (Fsp3) is 0.333. The molecule has 18 heavy (non-hydrogen) atoms. The van der Waals surface area contributed by atoms with Gasteiger partial charge in [0.15, 0.2) is 0 Å². The molecule has 3 heteroatoms. The van der Waals surface area contributed by atoms with Gasteiger partial charge in [0.05, 0.1) is 12.6 Å². The number of hydrogen-bond acceptors (Lipinski definition) is 3. The third-order valence-electron chi connectivity index (χ3n) is 2.30. The van der Waals surface area contributed by atoms with E-state index in [-0.39, 0.29) is 12.1 Å². The van der Waals surface area contributed by atoms with E-state index >= 15 is 0 Å². The van der Waals surface area contributed by atoms with E-state index in [0.29, 0.717) is 6.54 Å². The summed E-state index contributed by atoms with van der Waals surface area (Å²) < 4.78 is 4.95. The summed E-state index contributed by atoms with van der Waals surface area (Å²) in [5.41, 5.74) is 2.41. The summed E-state index contributed by atoms with van der Waals surface area (Å²) in [6, 6.07) is 8.10. The molecule has 0 bridgehead atoms. The number of carbonyl (C=O) groups is 1. The first-order valence-corrected chi connectivity index (χ1v) is 6.01. The Morgan fingerprint density at radius 3 is 2.78 bits per heavy atom. The molecule has 0 heterocycles. The number of benzene rings is 1. The van der Waals surface area contributed by atoms with Crippen LogP contribution in [0.3, 0.4) is 0 Å². The van der Waals surface area contributed by atoms with Gasteiger partial charge in [-0.25, -0.2) is 4.79 Å². The standard InChI is InChI=1S/C15H19NO2/c1-12(2)18-15(17)9-6-10-16-11-14-8-5-4-7-13(14)3/h4-10,12H,11H2,1-3H3/b9-6+,16-10?. The van der Waals surface area contributed by atoms with Gasteiger partial charge in [0.25, 0.3) is 0 Å². The number of esters is 1. The molecule has 1 aromatic carbocycles. The van der Waals surface area contributed by atoms with Crippen molar-refractivity contribution in [1.29, 1.82) is 0 Å². The predicted octanol–water partition coefficient (Wildman–Crippen LogP) is 3.07. The van der Waals surface area contributed by atoms with Gasteiger partial charge < -0.3 is 4.74 Å². The lowest BCUT2D eigenvalue weighted by Crippen LogP contribution is -2.08. The van der Waals surface area contributed by atoms with E-state index in [4.69, 9.17) is 4.74 Å². The lowest BCUT2D eigenvalue weighted by molar-refractivity contribution is -0.141. The number of aliphatic imine (C=N–C) groups is 1. The molecule has 0 aliphatic carbocycles. The molecule has 1 rings (SSSR count). The van der Waals surface area contributed by atoms with Crippen LogP contribution in [-0.4, -0.2) is 18.3 Å². The zero-order valence-corrected chi connectivity index (χ0v) is 11.1. The topological polar surface area (TPSA) is 38.7 Å². The maximum atomic E-state index is 11.2. The Kier molecular flexibility index (Phi) is 5.85. The molecule has 0 fully saturated rings. The summed E-state index contributed by atoms with van der Waals surface area (Å²) in [7, 11) is 0. The normalized spacial score (nSPS) is 11.6. The van der Waals surface area contributed by atoms with Gasteiger partial charge in [-0.15, -0.1) is 0 Å². The number of ether oxygens (including phenoxy) is 1. The Balaban J connectivity index is 2.40. The minimum absolute atomic E-state index is 0.0916. The van der Waals surface area contributed by atoms with Gasteiger partial charge in [0, 0.05) is 12.3 Å². The van der Waals surface area contributed by atoms with Crippen LogP contribution >= 0.6 is 0 Å². The van der Waals surface area contributed by atoms with Crippen molar-refractivity contribution >= 4 is 12.2 Å². The van der Waals surface area contributed by atoms with E-state index in [1.54, 1.807) is 12.3 Å². The second kappa shape index (κ2) is 7.43. The van der Waals surface area contributed by atoms with Crippen molar-refractivity contribution < 1.29 is 9.53 Å². The Morgan fingerprint density at radius 1 is 1.39 bits per heavy atom. The average molecular weight is 245 g/mol. The minimum Gasteiger partial charge on any atom is -0.460 e. The number of carbonyl (C=O) groups excluding carboxylic acids is 1. The van der Waals surface area contributed by atoms with Crippen molar-refractivity contribution in [3.63, 3.8) is 0 Å². The van der Waals surface area contributed by atoms with Crippen molar-refractivity contribution in [3.8, 4) is 0 Å². The Bertz CT molecular complexity index is 448. The lowest BCUT2D eigenvalue weighted by Gasteiger charge is -2.03. The quantitative estimate of drug-likeness (QED) is 0.454. The first-order valence-electron chi connectivity index (χ1n) is 6.01. The Labute approximate surface area is 108 Å². The number of allylic oxidation sites excluding steroid dienone is 1. The minimum atomic E-state index is -0.340. The van der Waals surface area contributed by atoms with Crippen LogP contribution < -0.4 is 0 Å². The number of nitrogens with zero attached hydrogens (tertiary/aromatic N) is 1. The second-order valence-corrected chi connectivity index (χ2v) is 4.26. The number of hydrogen-bond donors (Lipinski definition) is 0. The fourth-order valence-corrected chi connectivity index (χ4v) is 1.39. The van der Waals surface area contributed by atoms with Crippen LogP contribution in [0.2, 0.25) is 0 Å². The van der Waals surface area contributed by atoms with Crippen LogP contribution in [0.1, 0.15) is 25.0 Å². The number of aryl methyl sites for hydroxylation is 1. The molecule has 0 amide bonds. The van der Waals surface area contributed by atoms with Gasteiger partial charge >= 0.3 is 5.97 Å². The van der Waals surface area contributed by atoms with Crippen LogP contribution in [0.25, 0.3) is 0 Å². The highest BCUT2D eigenvalue weighted by atomic mass is 16.5. The molecule has 0 aliphatic heterocycles. The van der Waals surface area contributed by atoms with Gasteiger partial charge in [-0.05, 0) is 38.0 Å². The molecule has 0 unspecified atom stereocenters. The average Bonchev–Trinajstić information content (AvgIpc) is 2.30. The Hall–Kier alpha value is -1.90. The zero-order chi connectivity index (χ0) is 13.4. The van der Waals surface area contributed by atoms with E-state index in [0.717, 1.165) is 0 Å². The van der Waals surface area contributed by atoms with Gasteiger partial charge in [-0.3, -0.25) is 4.99 Å². The molecule has 0 radical (unpaired) electrons. The van der Waals surface area contributed by atoms with Crippen molar-refractivity contribution in [3.05, 3.63) is 47.5 Å². The summed E-state index contributed by atoms with van der Waals surface area (Å²) in [6.45, 7) is 6.31. The zero-order valence-electron chi connectivity index (χ0n) is 11.1. The molecule has 0 atom stereocenters. The predicted molar refractivity (Wildman–Crippen MR) is 73.7 cm³/mol. The molecule has 0 aromatic heterocycles. The molecule has 0 N–H and O–H groups in total. The summed E-state index contributed by atoms with van der Waals surface area (Å²) in [4.78, 5) is 15.4. The van der Waals surface area contributed by atoms with E-state index in [9.17, 15) is 4.79 Å².